The van der Waals surface area contributed by atoms with Crippen LogP contribution in [-0.4, -0.2) is 36.6 Å². The lowest BCUT2D eigenvalue weighted by molar-refractivity contribution is -0.127. The maximum Gasteiger partial charge on any atom is 0.407 e. The normalized spacial score (nSPS) is 13.4. The number of hydrogen-bond donors (Lipinski definition) is 3. The van der Waals surface area contributed by atoms with Gasteiger partial charge in [-0.2, -0.15) is 0 Å². The third-order valence-corrected chi connectivity index (χ3v) is 2.56. The number of hydrogen-bond acceptors (Lipinski definition) is 4. The van der Waals surface area contributed by atoms with Gasteiger partial charge in [0.25, 0.3) is 0 Å². The molecule has 0 heterocycles. The minimum Gasteiger partial charge on any atom is -0.449 e. The van der Waals surface area contributed by atoms with Crippen LogP contribution in [0.25, 0.3) is 0 Å². The highest BCUT2D eigenvalue weighted by Crippen LogP contribution is 1.98. The summed E-state index contributed by atoms with van der Waals surface area (Å²) < 4.78 is 4.91. The molecule has 0 aliphatic heterocycles. The Morgan fingerprint density at radius 3 is 2.20 bits per heavy atom. The van der Waals surface area contributed by atoms with E-state index in [1.54, 1.807) is 0 Å². The number of ether oxygens (including phenoxy) is 1. The van der Waals surface area contributed by atoms with Crippen molar-refractivity contribution in [1.82, 2.24) is 10.6 Å². The molecule has 0 saturated heterocycles. The van der Waals surface area contributed by atoms with Crippen molar-refractivity contribution in [1.29, 1.82) is 0 Å². The zero-order valence-corrected chi connectivity index (χ0v) is 12.6. The maximum absolute atomic E-state index is 11.9. The lowest BCUT2D eigenvalue weighted by Gasteiger charge is -2.20. The van der Waals surface area contributed by atoms with Gasteiger partial charge in [0, 0.05) is 6.04 Å². The Kier molecular flexibility index (Phi) is 8.35. The van der Waals surface area contributed by atoms with Crippen molar-refractivity contribution in [2.24, 2.45) is 11.7 Å². The summed E-state index contributed by atoms with van der Waals surface area (Å²) in [7, 11) is 0. The summed E-state index contributed by atoms with van der Waals surface area (Å²) in [4.78, 5) is 34.4. The van der Waals surface area contributed by atoms with Crippen LogP contribution in [0.2, 0.25) is 0 Å². The SMILES string of the molecule is CC[C@H](C)NC(=O)[C@@H](CC(N)=O)NC(=O)OCC(C)C. The Morgan fingerprint density at radius 2 is 1.75 bits per heavy atom. The van der Waals surface area contributed by atoms with E-state index in [2.05, 4.69) is 10.6 Å². The van der Waals surface area contributed by atoms with E-state index in [9.17, 15) is 14.4 Å². The summed E-state index contributed by atoms with van der Waals surface area (Å²) in [5, 5.41) is 5.05. The maximum atomic E-state index is 11.9. The Labute approximate surface area is 119 Å². The van der Waals surface area contributed by atoms with Gasteiger partial charge >= 0.3 is 6.09 Å². The van der Waals surface area contributed by atoms with Crippen LogP contribution in [0.3, 0.4) is 0 Å². The van der Waals surface area contributed by atoms with Crippen LogP contribution in [0.1, 0.15) is 40.5 Å². The topological polar surface area (TPSA) is 111 Å². The van der Waals surface area contributed by atoms with Gasteiger partial charge in [-0.1, -0.05) is 20.8 Å². The fourth-order valence-electron chi connectivity index (χ4n) is 1.28. The number of carbonyl (C=O) groups is 3. The van der Waals surface area contributed by atoms with Crippen LogP contribution in [0, 0.1) is 5.92 Å². The first-order valence-corrected chi connectivity index (χ1v) is 6.78. The number of amides is 3. The van der Waals surface area contributed by atoms with Gasteiger partial charge in [0.2, 0.25) is 11.8 Å². The standard InChI is InChI=1S/C13H25N3O4/c1-5-9(4)15-12(18)10(6-11(14)17)16-13(19)20-7-8(2)3/h8-10H,5-7H2,1-4H3,(H2,14,17)(H,15,18)(H,16,19)/t9-,10+/m0/s1. The molecule has 0 fully saturated rings. The van der Waals surface area contributed by atoms with Crippen LogP contribution < -0.4 is 16.4 Å². The lowest BCUT2D eigenvalue weighted by atomic mass is 10.1. The number of nitrogens with one attached hydrogen (secondary N) is 2. The second kappa shape index (κ2) is 9.17. The molecule has 0 aliphatic carbocycles. The molecular weight excluding hydrogens is 262 g/mol. The molecule has 0 radical (unpaired) electrons. The van der Waals surface area contributed by atoms with Gasteiger partial charge in [-0.15, -0.1) is 0 Å². The summed E-state index contributed by atoms with van der Waals surface area (Å²) >= 11 is 0. The first-order chi connectivity index (χ1) is 9.26. The highest BCUT2D eigenvalue weighted by molar-refractivity contribution is 5.90. The van der Waals surface area contributed by atoms with E-state index in [0.29, 0.717) is 0 Å². The molecule has 3 amide bonds. The zero-order chi connectivity index (χ0) is 15.7. The van der Waals surface area contributed by atoms with Gasteiger partial charge in [-0.25, -0.2) is 4.79 Å². The van der Waals surface area contributed by atoms with Crippen LogP contribution in [-0.2, 0) is 14.3 Å². The van der Waals surface area contributed by atoms with Gasteiger partial charge in [0.15, 0.2) is 0 Å². The van der Waals surface area contributed by atoms with Crippen molar-refractivity contribution in [3.05, 3.63) is 0 Å². The summed E-state index contributed by atoms with van der Waals surface area (Å²) in [5.41, 5.74) is 5.08. The summed E-state index contributed by atoms with van der Waals surface area (Å²) in [5.74, 6) is -0.928. The predicted octanol–water partition coefficient (Wildman–Crippen LogP) is 0.527. The van der Waals surface area contributed by atoms with Crippen molar-refractivity contribution in [2.75, 3.05) is 6.61 Å². The molecule has 0 spiro atoms. The zero-order valence-electron chi connectivity index (χ0n) is 12.6. The second-order valence-electron chi connectivity index (χ2n) is 5.18. The smallest absolute Gasteiger partial charge is 0.407 e. The van der Waals surface area contributed by atoms with Crippen molar-refractivity contribution in [3.63, 3.8) is 0 Å². The molecule has 0 saturated carbocycles. The highest BCUT2D eigenvalue weighted by atomic mass is 16.5. The minimum absolute atomic E-state index is 0.0497. The predicted molar refractivity (Wildman–Crippen MR) is 74.8 cm³/mol. The van der Waals surface area contributed by atoms with Crippen LogP contribution >= 0.6 is 0 Å². The Hall–Kier alpha value is -1.79. The fourth-order valence-corrected chi connectivity index (χ4v) is 1.28. The molecule has 0 unspecified atom stereocenters. The lowest BCUT2D eigenvalue weighted by Crippen LogP contribution is -2.50. The summed E-state index contributed by atoms with van der Waals surface area (Å²) in [6, 6.07) is -1.06. The van der Waals surface area contributed by atoms with Crippen molar-refractivity contribution in [3.8, 4) is 0 Å². The number of carbonyl (C=O) groups excluding carboxylic acids is 3. The molecular formula is C13H25N3O4. The van der Waals surface area contributed by atoms with Gasteiger partial charge in [0.05, 0.1) is 13.0 Å². The number of primary amides is 1. The molecule has 2 atom stereocenters. The number of alkyl carbamates (subject to hydrolysis) is 1. The number of nitrogens with two attached hydrogens (primary N) is 1. The molecule has 0 aliphatic rings. The first-order valence-electron chi connectivity index (χ1n) is 6.78. The van der Waals surface area contributed by atoms with E-state index in [1.807, 2.05) is 27.7 Å². The minimum atomic E-state index is -1.01. The molecule has 0 aromatic carbocycles. The second-order valence-corrected chi connectivity index (χ2v) is 5.18. The molecule has 7 heteroatoms. The molecule has 0 rings (SSSR count). The van der Waals surface area contributed by atoms with Gasteiger partial charge < -0.3 is 21.1 Å². The van der Waals surface area contributed by atoms with Gasteiger partial charge in [-0.05, 0) is 19.3 Å². The molecule has 116 valence electrons. The fraction of sp³-hybridized carbons (Fsp3) is 0.769. The monoisotopic (exact) mass is 287 g/mol. The van der Waals surface area contributed by atoms with Crippen molar-refractivity contribution >= 4 is 17.9 Å². The summed E-state index contributed by atoms with van der Waals surface area (Å²) in [6.45, 7) is 7.77. The van der Waals surface area contributed by atoms with Crippen LogP contribution in [0.5, 0.6) is 0 Å². The third-order valence-electron chi connectivity index (χ3n) is 2.56. The van der Waals surface area contributed by atoms with Crippen LogP contribution in [0.15, 0.2) is 0 Å². The van der Waals surface area contributed by atoms with Gasteiger partial charge in [0.1, 0.15) is 6.04 Å². The molecule has 0 aromatic heterocycles. The molecule has 7 nitrogen and oxygen atoms in total. The third kappa shape index (κ3) is 8.34. The Morgan fingerprint density at radius 1 is 1.15 bits per heavy atom. The molecule has 0 aromatic rings. The van der Waals surface area contributed by atoms with E-state index in [1.165, 1.54) is 0 Å². The quantitative estimate of drug-likeness (QED) is 0.604. The summed E-state index contributed by atoms with van der Waals surface area (Å²) in [6.07, 6.45) is -0.254. The van der Waals surface area contributed by atoms with Crippen LogP contribution in [0.4, 0.5) is 4.79 Å². The van der Waals surface area contributed by atoms with E-state index in [4.69, 9.17) is 10.5 Å². The average Bonchev–Trinajstić information content (AvgIpc) is 2.34. The number of rotatable bonds is 8. The van der Waals surface area contributed by atoms with E-state index < -0.39 is 23.9 Å². The highest BCUT2D eigenvalue weighted by Gasteiger charge is 2.24. The van der Waals surface area contributed by atoms with E-state index in [-0.39, 0.29) is 25.0 Å². The van der Waals surface area contributed by atoms with E-state index >= 15 is 0 Å². The first kappa shape index (κ1) is 18.2. The molecule has 0 bridgehead atoms. The molecule has 4 N–H and O–H groups in total. The van der Waals surface area contributed by atoms with Crippen molar-refractivity contribution in [2.45, 2.75) is 52.6 Å². The Bertz CT molecular complexity index is 345. The van der Waals surface area contributed by atoms with E-state index in [0.717, 1.165) is 6.42 Å². The Balaban J connectivity index is 4.51. The largest absolute Gasteiger partial charge is 0.449 e. The van der Waals surface area contributed by atoms with Gasteiger partial charge in [-0.3, -0.25) is 9.59 Å². The average molecular weight is 287 g/mol. The molecule has 20 heavy (non-hydrogen) atoms. The van der Waals surface area contributed by atoms with Crippen molar-refractivity contribution < 1.29 is 19.1 Å².